The summed E-state index contributed by atoms with van der Waals surface area (Å²) >= 11 is -6.28. The fraction of sp³-hybridized carbons (Fsp3) is 1.00. The molecule has 51 heavy (non-hydrogen) atoms. The number of hydrogen-bond acceptors (Lipinski definition) is 22. The van der Waals surface area contributed by atoms with Crippen LogP contribution in [0.5, 0.6) is 0 Å². The average molecular weight is 787 g/mol. The Morgan fingerprint density at radius 1 is 0.549 bits per heavy atom. The van der Waals surface area contributed by atoms with Crippen LogP contribution in [0.3, 0.4) is 0 Å². The fourth-order valence-electron chi connectivity index (χ4n) is 6.37. The largest absolute Gasteiger partial charge is 0.748 e. The van der Waals surface area contributed by atoms with E-state index in [1.165, 1.54) is 20.8 Å². The van der Waals surface area contributed by atoms with Gasteiger partial charge in [0.2, 0.25) is 0 Å². The van der Waals surface area contributed by atoms with Crippen LogP contribution in [-0.4, -0.2) is 178 Å². The van der Waals surface area contributed by atoms with E-state index in [4.69, 9.17) is 42.9 Å². The number of aliphatic hydroxyl groups is 7. The number of rotatable bonds is 15. The first kappa shape index (κ1) is 43.2. The predicted octanol–water partition coefficient (Wildman–Crippen LogP) is -4.71. The van der Waals surface area contributed by atoms with E-state index in [2.05, 4.69) is 8.67 Å². The highest BCUT2D eigenvalue weighted by atomic mass is 32.2. The van der Waals surface area contributed by atoms with E-state index in [0.717, 1.165) is 0 Å². The molecular formula is C27H46O22S2-2. The third kappa shape index (κ3) is 10.8. The van der Waals surface area contributed by atoms with Crippen molar-refractivity contribution in [3.8, 4) is 0 Å². The van der Waals surface area contributed by atoms with E-state index in [9.17, 15) is 53.3 Å². The maximum Gasteiger partial charge on any atom is 0.186 e. The Kier molecular flexibility index (Phi) is 16.4. The zero-order chi connectivity index (χ0) is 37.7. The second-order valence-electron chi connectivity index (χ2n) is 12.8. The van der Waals surface area contributed by atoms with Crippen LogP contribution < -0.4 is 0 Å². The Bertz CT molecular complexity index is 1130. The smallest absolute Gasteiger partial charge is 0.186 e. The van der Waals surface area contributed by atoms with Crippen molar-refractivity contribution in [1.82, 2.24) is 0 Å². The molecule has 0 radical (unpaired) electrons. The lowest BCUT2D eigenvalue weighted by Crippen LogP contribution is -2.60. The van der Waals surface area contributed by atoms with Crippen molar-refractivity contribution in [3.05, 3.63) is 0 Å². The standard InChI is InChI=1S/C27H48O22S2/c1-9-17(29)13(16(28)8-39-9)5-40-25-19(31)14(23(11(3)44-25)46-48-50(35)36)6-41-26-20(32)15(24(12(4)45-26)47-49-51(37)38)7-42-27-22(34)21(33)18(30)10(2)43-27/h9-34H,5-8H2,1-4H3,(H,35,36)(H,37,38)/p-2/t9?,10?,11?,12?,13-,14-,15-,16?,17-,18-,19?,20?,21+,22?,23-,24-,25-,26-,27-/m1/s1. The van der Waals surface area contributed by atoms with E-state index in [1.54, 1.807) is 6.92 Å². The van der Waals surface area contributed by atoms with Crippen molar-refractivity contribution < 1.29 is 105 Å². The topological polar surface area (TPSA) is 323 Å². The summed E-state index contributed by atoms with van der Waals surface area (Å²) < 4.78 is 92.4. The molecule has 0 aromatic rings. The highest BCUT2D eigenvalue weighted by Gasteiger charge is 2.51. The van der Waals surface area contributed by atoms with Gasteiger partial charge in [0.1, 0.15) is 65.5 Å². The molecule has 21 atom stereocenters. The van der Waals surface area contributed by atoms with Gasteiger partial charge in [-0.1, -0.05) is 0 Å². The Morgan fingerprint density at radius 2 is 0.961 bits per heavy atom. The van der Waals surface area contributed by atoms with Gasteiger partial charge in [0, 0.05) is 17.8 Å². The van der Waals surface area contributed by atoms with Crippen LogP contribution in [-0.2, 0) is 74.3 Å². The zero-order valence-electron chi connectivity index (χ0n) is 27.9. The molecule has 10 unspecified atom stereocenters. The van der Waals surface area contributed by atoms with Gasteiger partial charge in [0.15, 0.2) is 18.9 Å². The molecule has 300 valence electrons. The third-order valence-electron chi connectivity index (χ3n) is 9.42. The van der Waals surface area contributed by atoms with Crippen LogP contribution in [0.2, 0.25) is 0 Å². The van der Waals surface area contributed by atoms with Crippen molar-refractivity contribution in [2.75, 3.05) is 26.4 Å². The van der Waals surface area contributed by atoms with E-state index >= 15 is 0 Å². The molecule has 4 saturated heterocycles. The van der Waals surface area contributed by atoms with Crippen LogP contribution >= 0.6 is 0 Å². The minimum absolute atomic E-state index is 0.0633. The summed E-state index contributed by atoms with van der Waals surface area (Å²) in [6.45, 7) is 4.51. The Morgan fingerprint density at radius 3 is 1.41 bits per heavy atom. The lowest BCUT2D eigenvalue weighted by molar-refractivity contribution is -0.371. The molecule has 24 heteroatoms. The van der Waals surface area contributed by atoms with Gasteiger partial charge in [0.05, 0.1) is 63.1 Å². The molecule has 0 aliphatic carbocycles. The molecule has 4 aliphatic heterocycles. The first-order valence-corrected chi connectivity index (χ1v) is 18.1. The minimum Gasteiger partial charge on any atom is -0.748 e. The first-order valence-electron chi connectivity index (χ1n) is 16.1. The molecule has 4 fully saturated rings. The Hall–Kier alpha value is -0.500. The van der Waals surface area contributed by atoms with Gasteiger partial charge in [0.25, 0.3) is 0 Å². The SMILES string of the molecule is CC1O[C@@H](OC[C@@H]2C(O)[C@H](OC[C@@H]3C(O)[C@H](OC[C@@H]4C(O)COC(C)[C@H]4O)OC(C)[C@H]3OOS(=O)[O-])OC(C)[C@H]2OOS(=O)[O-])C(O)[C@@H](O)[C@@H]1O. The summed E-state index contributed by atoms with van der Waals surface area (Å²) in [4.78, 5) is 10.0. The van der Waals surface area contributed by atoms with Crippen molar-refractivity contribution in [2.24, 2.45) is 17.8 Å². The first-order chi connectivity index (χ1) is 24.0. The van der Waals surface area contributed by atoms with E-state index in [1.807, 2.05) is 0 Å². The van der Waals surface area contributed by atoms with Crippen molar-refractivity contribution >= 4 is 22.7 Å². The Balaban J connectivity index is 1.48. The van der Waals surface area contributed by atoms with E-state index in [0.29, 0.717) is 0 Å². The highest BCUT2D eigenvalue weighted by molar-refractivity contribution is 7.74. The summed E-state index contributed by atoms with van der Waals surface area (Å²) in [6.07, 6.45) is -21.1. The lowest BCUT2D eigenvalue weighted by atomic mass is 9.88. The van der Waals surface area contributed by atoms with Gasteiger partial charge in [-0.05, 0) is 27.7 Å². The van der Waals surface area contributed by atoms with Gasteiger partial charge < -0.3 is 78.0 Å². The van der Waals surface area contributed by atoms with Crippen molar-refractivity contribution in [3.63, 3.8) is 0 Å². The summed E-state index contributed by atoms with van der Waals surface area (Å²) in [7, 11) is 0. The van der Waals surface area contributed by atoms with Gasteiger partial charge >= 0.3 is 0 Å². The summed E-state index contributed by atoms with van der Waals surface area (Å²) in [5.41, 5.74) is 0. The second kappa shape index (κ2) is 19.4. The quantitative estimate of drug-likeness (QED) is 0.0466. The minimum atomic E-state index is -3.14. The second-order valence-corrected chi connectivity index (χ2v) is 13.9. The predicted molar refractivity (Wildman–Crippen MR) is 159 cm³/mol. The molecular weight excluding hydrogens is 740 g/mol. The van der Waals surface area contributed by atoms with Gasteiger partial charge in [-0.25, -0.2) is 18.2 Å². The maximum atomic E-state index is 11.3. The molecule has 4 rings (SSSR count). The third-order valence-corrected chi connectivity index (χ3v) is 9.80. The fourth-order valence-corrected chi connectivity index (χ4v) is 6.68. The molecule has 4 heterocycles. The zero-order valence-corrected chi connectivity index (χ0v) is 29.5. The molecule has 4 aliphatic rings. The summed E-state index contributed by atoms with van der Waals surface area (Å²) in [5, 5.41) is 74.0. The molecule has 0 spiro atoms. The summed E-state index contributed by atoms with van der Waals surface area (Å²) in [5.74, 6) is -3.24. The number of hydrogen-bond donors (Lipinski definition) is 7. The Labute approximate surface area is 297 Å². The highest BCUT2D eigenvalue weighted by Crippen LogP contribution is 2.35. The van der Waals surface area contributed by atoms with Gasteiger partial charge in [-0.2, -0.15) is 0 Å². The molecule has 0 amide bonds. The average Bonchev–Trinajstić information content (AvgIpc) is 3.07. The van der Waals surface area contributed by atoms with Crippen LogP contribution in [0.1, 0.15) is 27.7 Å². The van der Waals surface area contributed by atoms with Crippen LogP contribution in [0, 0.1) is 17.8 Å². The maximum absolute atomic E-state index is 11.3. The molecule has 0 bridgehead atoms. The van der Waals surface area contributed by atoms with Crippen LogP contribution in [0.4, 0.5) is 0 Å². The van der Waals surface area contributed by atoms with Gasteiger partial charge in [-0.3, -0.25) is 0 Å². The lowest BCUT2D eigenvalue weighted by Gasteiger charge is -2.46. The summed E-state index contributed by atoms with van der Waals surface area (Å²) in [6, 6.07) is 0. The van der Waals surface area contributed by atoms with Gasteiger partial charge in [-0.15, -0.1) is 8.67 Å². The molecule has 0 aromatic carbocycles. The molecule has 7 N–H and O–H groups in total. The van der Waals surface area contributed by atoms with Crippen molar-refractivity contribution in [2.45, 2.75) is 126 Å². The monoisotopic (exact) mass is 786 g/mol. The number of aliphatic hydroxyl groups excluding tert-OH is 7. The van der Waals surface area contributed by atoms with Crippen LogP contribution in [0.15, 0.2) is 0 Å². The molecule has 0 aromatic heterocycles. The van der Waals surface area contributed by atoms with E-state index in [-0.39, 0.29) is 13.2 Å². The molecule has 22 nitrogen and oxygen atoms in total. The molecule has 0 saturated carbocycles. The number of ether oxygens (including phenoxy) is 7. The van der Waals surface area contributed by atoms with Crippen molar-refractivity contribution in [1.29, 1.82) is 0 Å². The van der Waals surface area contributed by atoms with E-state index < -0.39 is 152 Å². The normalized spacial score (nSPS) is 47.9. The van der Waals surface area contributed by atoms with Crippen LogP contribution in [0.25, 0.3) is 0 Å².